The predicted molar refractivity (Wildman–Crippen MR) is 101 cm³/mol. The summed E-state index contributed by atoms with van der Waals surface area (Å²) in [4.78, 5) is 22.7. The smallest absolute Gasteiger partial charge is 0.270 e. The summed E-state index contributed by atoms with van der Waals surface area (Å²) in [6.45, 7) is 0. The van der Waals surface area contributed by atoms with Crippen LogP contribution in [0.2, 0.25) is 5.02 Å². The Morgan fingerprint density at radius 2 is 1.92 bits per heavy atom. The van der Waals surface area contributed by atoms with Crippen LogP contribution in [0.5, 0.6) is 0 Å². The number of anilines is 2. The van der Waals surface area contributed by atoms with Crippen LogP contribution in [0.4, 0.5) is 17.2 Å². The molecule has 2 aromatic heterocycles. The third-order valence-corrected chi connectivity index (χ3v) is 4.05. The van der Waals surface area contributed by atoms with Gasteiger partial charge in [-0.15, -0.1) is 0 Å². The fourth-order valence-electron chi connectivity index (χ4n) is 2.63. The predicted octanol–water partition coefficient (Wildman–Crippen LogP) is 4.93. The summed E-state index contributed by atoms with van der Waals surface area (Å²) in [5.41, 5.74) is 1.96. The molecule has 7 nitrogen and oxygen atoms in total. The molecule has 0 aliphatic carbocycles. The van der Waals surface area contributed by atoms with E-state index >= 15 is 0 Å². The number of nitrogens with zero attached hydrogens (tertiary/aromatic N) is 3. The molecular formula is C18H12ClN5O2. The molecule has 0 bridgehead atoms. The minimum absolute atomic E-state index is 0.0120. The maximum atomic E-state index is 11.0. The molecule has 0 spiro atoms. The molecule has 0 saturated heterocycles. The van der Waals surface area contributed by atoms with E-state index in [0.717, 1.165) is 11.1 Å². The highest BCUT2D eigenvalue weighted by atomic mass is 35.5. The minimum Gasteiger partial charge on any atom is -0.346 e. The lowest BCUT2D eigenvalue weighted by atomic mass is 10.2. The van der Waals surface area contributed by atoms with Gasteiger partial charge in [-0.05, 0) is 24.3 Å². The van der Waals surface area contributed by atoms with Crippen LogP contribution in [-0.2, 0) is 0 Å². The van der Waals surface area contributed by atoms with Gasteiger partial charge in [0.25, 0.3) is 5.69 Å². The van der Waals surface area contributed by atoms with Crippen molar-refractivity contribution in [1.29, 1.82) is 0 Å². The van der Waals surface area contributed by atoms with Gasteiger partial charge in [-0.3, -0.25) is 10.1 Å². The summed E-state index contributed by atoms with van der Waals surface area (Å²) >= 11 is 6.04. The number of hydrogen-bond donors (Lipinski definition) is 2. The number of benzene rings is 2. The number of H-pyrrole nitrogens is 1. The normalized spacial score (nSPS) is 10.8. The largest absolute Gasteiger partial charge is 0.346 e. The number of halogens is 1. The number of nitro groups is 1. The third kappa shape index (κ3) is 3.07. The maximum Gasteiger partial charge on any atom is 0.270 e. The Balaban J connectivity index is 1.82. The molecule has 0 aliphatic heterocycles. The van der Waals surface area contributed by atoms with Gasteiger partial charge < -0.3 is 10.3 Å². The van der Waals surface area contributed by atoms with Gasteiger partial charge in [0.05, 0.1) is 10.3 Å². The number of nitrogens with one attached hydrogen (secondary N) is 2. The van der Waals surface area contributed by atoms with Gasteiger partial charge in [0.15, 0.2) is 5.82 Å². The molecule has 8 heteroatoms. The van der Waals surface area contributed by atoms with Gasteiger partial charge in [0.2, 0.25) is 0 Å². The number of fused-ring (bicyclic) bond motifs is 1. The average Bonchev–Trinajstić information content (AvgIpc) is 3.11. The first-order valence-electron chi connectivity index (χ1n) is 7.73. The molecule has 0 aliphatic rings. The van der Waals surface area contributed by atoms with E-state index in [0.29, 0.717) is 27.9 Å². The highest BCUT2D eigenvalue weighted by Gasteiger charge is 2.13. The molecule has 4 rings (SSSR count). The van der Waals surface area contributed by atoms with Gasteiger partial charge in [-0.1, -0.05) is 29.8 Å². The number of aromatic nitrogens is 3. The van der Waals surface area contributed by atoms with Crippen molar-refractivity contribution in [1.82, 2.24) is 15.0 Å². The van der Waals surface area contributed by atoms with E-state index in [9.17, 15) is 10.1 Å². The van der Waals surface area contributed by atoms with Crippen molar-refractivity contribution in [2.45, 2.75) is 0 Å². The van der Waals surface area contributed by atoms with E-state index in [1.54, 1.807) is 30.5 Å². The SMILES string of the molecule is O=[N+]([O-])c1cccc(-c2nc(Nc3cccc(Cl)c3)c3cc[nH]c3n2)c1. The van der Waals surface area contributed by atoms with Crippen LogP contribution in [0, 0.1) is 10.1 Å². The molecule has 4 aromatic rings. The molecule has 0 radical (unpaired) electrons. The number of nitro benzene ring substituents is 1. The van der Waals surface area contributed by atoms with E-state index in [1.807, 2.05) is 18.2 Å². The second-order valence-corrected chi connectivity index (χ2v) is 6.01. The number of rotatable bonds is 4. The van der Waals surface area contributed by atoms with E-state index in [1.165, 1.54) is 12.1 Å². The van der Waals surface area contributed by atoms with Gasteiger partial charge in [0, 0.05) is 34.6 Å². The fourth-order valence-corrected chi connectivity index (χ4v) is 2.82. The molecular weight excluding hydrogens is 354 g/mol. The summed E-state index contributed by atoms with van der Waals surface area (Å²) in [7, 11) is 0. The second kappa shape index (κ2) is 6.45. The van der Waals surface area contributed by atoms with Crippen molar-refractivity contribution < 1.29 is 4.92 Å². The van der Waals surface area contributed by atoms with Gasteiger partial charge in [0.1, 0.15) is 11.5 Å². The quantitative estimate of drug-likeness (QED) is 0.394. The standard InChI is InChI=1S/C18H12ClN5O2/c19-12-4-2-5-13(10-12)21-18-15-7-8-20-17(15)22-16(23-18)11-3-1-6-14(9-11)24(25)26/h1-10H,(H2,20,21,22,23). The molecule has 0 saturated carbocycles. The van der Waals surface area contributed by atoms with Crippen molar-refractivity contribution in [3.8, 4) is 11.4 Å². The van der Waals surface area contributed by atoms with Crippen LogP contribution in [0.1, 0.15) is 0 Å². The topological polar surface area (TPSA) is 96.7 Å². The molecule has 128 valence electrons. The van der Waals surface area contributed by atoms with Crippen LogP contribution < -0.4 is 5.32 Å². The Morgan fingerprint density at radius 1 is 1.08 bits per heavy atom. The molecule has 2 aromatic carbocycles. The van der Waals surface area contributed by atoms with Crippen molar-refractivity contribution in [3.05, 3.63) is 75.9 Å². The van der Waals surface area contributed by atoms with Crippen molar-refractivity contribution in [3.63, 3.8) is 0 Å². The van der Waals surface area contributed by atoms with Crippen molar-refractivity contribution in [2.24, 2.45) is 0 Å². The Labute approximate surface area is 152 Å². The minimum atomic E-state index is -0.443. The van der Waals surface area contributed by atoms with Crippen LogP contribution in [0.3, 0.4) is 0 Å². The summed E-state index contributed by atoms with van der Waals surface area (Å²) in [5.74, 6) is 0.966. The summed E-state index contributed by atoms with van der Waals surface area (Å²) in [6.07, 6.45) is 1.76. The zero-order chi connectivity index (χ0) is 18.1. The first kappa shape index (κ1) is 16.0. The van der Waals surface area contributed by atoms with Crippen LogP contribution in [0.15, 0.2) is 60.8 Å². The first-order chi connectivity index (χ1) is 12.6. The van der Waals surface area contributed by atoms with E-state index in [2.05, 4.69) is 20.3 Å². The van der Waals surface area contributed by atoms with E-state index < -0.39 is 4.92 Å². The van der Waals surface area contributed by atoms with Crippen LogP contribution >= 0.6 is 11.6 Å². The third-order valence-electron chi connectivity index (χ3n) is 3.82. The summed E-state index contributed by atoms with van der Waals surface area (Å²) in [6, 6.07) is 15.4. The van der Waals surface area contributed by atoms with Crippen LogP contribution in [-0.4, -0.2) is 19.9 Å². The molecule has 2 N–H and O–H groups in total. The number of aromatic amines is 1. The monoisotopic (exact) mass is 365 g/mol. The number of non-ortho nitro benzene ring substituents is 1. The second-order valence-electron chi connectivity index (χ2n) is 5.58. The molecule has 0 fully saturated rings. The lowest BCUT2D eigenvalue weighted by Crippen LogP contribution is -1.99. The van der Waals surface area contributed by atoms with Crippen molar-refractivity contribution >= 4 is 39.8 Å². The molecule has 0 unspecified atom stereocenters. The fraction of sp³-hybridized carbons (Fsp3) is 0. The summed E-state index contributed by atoms with van der Waals surface area (Å²) in [5, 5.41) is 15.7. The summed E-state index contributed by atoms with van der Waals surface area (Å²) < 4.78 is 0. The molecule has 26 heavy (non-hydrogen) atoms. The maximum absolute atomic E-state index is 11.0. The lowest BCUT2D eigenvalue weighted by Gasteiger charge is -2.09. The van der Waals surface area contributed by atoms with Gasteiger partial charge in [-0.2, -0.15) is 0 Å². The van der Waals surface area contributed by atoms with Crippen LogP contribution in [0.25, 0.3) is 22.4 Å². The Morgan fingerprint density at radius 3 is 2.73 bits per heavy atom. The van der Waals surface area contributed by atoms with Gasteiger partial charge >= 0.3 is 0 Å². The Hall–Kier alpha value is -3.45. The van der Waals surface area contributed by atoms with Gasteiger partial charge in [-0.25, -0.2) is 9.97 Å². The average molecular weight is 366 g/mol. The first-order valence-corrected chi connectivity index (χ1v) is 8.10. The molecule has 0 amide bonds. The highest BCUT2D eigenvalue weighted by molar-refractivity contribution is 6.30. The highest BCUT2D eigenvalue weighted by Crippen LogP contribution is 2.28. The zero-order valence-electron chi connectivity index (χ0n) is 13.3. The number of hydrogen-bond acceptors (Lipinski definition) is 5. The zero-order valence-corrected chi connectivity index (χ0v) is 14.1. The van der Waals surface area contributed by atoms with E-state index in [-0.39, 0.29) is 5.69 Å². The Bertz CT molecular complexity index is 1130. The lowest BCUT2D eigenvalue weighted by molar-refractivity contribution is -0.384. The van der Waals surface area contributed by atoms with E-state index in [4.69, 9.17) is 11.6 Å². The Kier molecular flexibility index (Phi) is 3.98. The molecule has 2 heterocycles. The van der Waals surface area contributed by atoms with Crippen molar-refractivity contribution in [2.75, 3.05) is 5.32 Å². The molecule has 0 atom stereocenters.